The monoisotopic (exact) mass is 588 g/mol. The average molecular weight is 590 g/mol. The number of anilines is 2. The van der Waals surface area contributed by atoms with Crippen LogP contribution in [-0.2, 0) is 0 Å². The van der Waals surface area contributed by atoms with Gasteiger partial charge in [-0.25, -0.2) is 0 Å². The molecule has 8 aromatic rings. The summed E-state index contributed by atoms with van der Waals surface area (Å²) in [6.07, 6.45) is 0. The number of halogens is 2. The molecule has 0 spiro atoms. The Balaban J connectivity index is 1.59. The third-order valence-corrected chi connectivity index (χ3v) is 8.59. The molecule has 0 heterocycles. The van der Waals surface area contributed by atoms with Gasteiger partial charge < -0.3 is 11.5 Å². The van der Waals surface area contributed by atoms with Crippen LogP contribution in [0.5, 0.6) is 0 Å². The first-order valence-corrected chi connectivity index (χ1v) is 13.4. The summed E-state index contributed by atoms with van der Waals surface area (Å²) >= 11 is 7.34. The van der Waals surface area contributed by atoms with E-state index in [0.717, 1.165) is 53.0 Å². The van der Waals surface area contributed by atoms with Gasteiger partial charge in [-0.15, -0.1) is 0 Å². The molecule has 4 N–H and O–H groups in total. The van der Waals surface area contributed by atoms with Crippen molar-refractivity contribution in [1.82, 2.24) is 0 Å². The number of nitrogens with two attached hydrogens (primary N) is 2. The summed E-state index contributed by atoms with van der Waals surface area (Å²) < 4.78 is 2.16. The molecule has 4 heteroatoms. The van der Waals surface area contributed by atoms with E-state index in [1.807, 2.05) is 0 Å². The molecule has 0 aliphatic carbocycles. The minimum Gasteiger partial charge on any atom is -0.398 e. The van der Waals surface area contributed by atoms with Crippen molar-refractivity contribution in [3.05, 3.63) is 93.9 Å². The van der Waals surface area contributed by atoms with Crippen molar-refractivity contribution in [3.63, 3.8) is 0 Å². The minimum absolute atomic E-state index is 0.742. The minimum atomic E-state index is 0.742. The molecule has 170 valence electrons. The molecule has 8 aromatic carbocycles. The molecule has 0 saturated heterocycles. The lowest BCUT2D eigenvalue weighted by Gasteiger charge is -2.21. The summed E-state index contributed by atoms with van der Waals surface area (Å²) in [6, 6.07) is 30.4. The maximum Gasteiger partial charge on any atom is 0.0407 e. The smallest absolute Gasteiger partial charge is 0.0407 e. The maximum atomic E-state index is 6.84. The van der Waals surface area contributed by atoms with Crippen molar-refractivity contribution in [2.45, 2.75) is 0 Å². The van der Waals surface area contributed by atoms with Crippen LogP contribution >= 0.6 is 31.9 Å². The lowest BCUT2D eigenvalue weighted by Crippen LogP contribution is -1.99. The first-order valence-electron chi connectivity index (χ1n) is 11.8. The van der Waals surface area contributed by atoms with Crippen molar-refractivity contribution in [1.29, 1.82) is 0 Å². The van der Waals surface area contributed by atoms with Gasteiger partial charge in [0.05, 0.1) is 0 Å². The third-order valence-electron chi connectivity index (χ3n) is 7.68. The van der Waals surface area contributed by atoms with Crippen molar-refractivity contribution in [2.24, 2.45) is 0 Å². The first-order chi connectivity index (χ1) is 17.5. The topological polar surface area (TPSA) is 52.0 Å². The number of rotatable bonds is 1. The molecule has 0 radical (unpaired) electrons. The second-order valence-electron chi connectivity index (χ2n) is 9.69. The van der Waals surface area contributed by atoms with Crippen LogP contribution in [0.15, 0.2) is 93.9 Å². The van der Waals surface area contributed by atoms with E-state index in [0.29, 0.717) is 0 Å². The van der Waals surface area contributed by atoms with Crippen LogP contribution in [0.2, 0.25) is 0 Å². The van der Waals surface area contributed by atoms with E-state index in [9.17, 15) is 0 Å². The van der Waals surface area contributed by atoms with Crippen molar-refractivity contribution >= 4 is 108 Å². The van der Waals surface area contributed by atoms with E-state index in [2.05, 4.69) is 117 Å². The molecular formula is C32H18Br2N2. The Hall–Kier alpha value is -3.60. The van der Waals surface area contributed by atoms with E-state index in [4.69, 9.17) is 11.5 Å². The Morgan fingerprint density at radius 1 is 0.389 bits per heavy atom. The molecule has 0 saturated carbocycles. The van der Waals surface area contributed by atoms with E-state index >= 15 is 0 Å². The van der Waals surface area contributed by atoms with Gasteiger partial charge in [-0.1, -0.05) is 80.4 Å². The van der Waals surface area contributed by atoms with E-state index < -0.39 is 0 Å². The summed E-state index contributed by atoms with van der Waals surface area (Å²) in [5.41, 5.74) is 17.2. The Labute approximate surface area is 223 Å². The predicted molar refractivity (Wildman–Crippen MR) is 164 cm³/mol. The Bertz CT molecular complexity index is 2000. The Morgan fingerprint density at radius 3 is 1.06 bits per heavy atom. The van der Waals surface area contributed by atoms with Gasteiger partial charge in [0.1, 0.15) is 0 Å². The Morgan fingerprint density at radius 2 is 0.694 bits per heavy atom. The average Bonchev–Trinajstić information content (AvgIpc) is 2.85. The molecule has 0 amide bonds. The molecule has 0 bridgehead atoms. The van der Waals surface area contributed by atoms with Crippen molar-refractivity contribution in [2.75, 3.05) is 11.5 Å². The fourth-order valence-corrected chi connectivity index (χ4v) is 7.30. The van der Waals surface area contributed by atoms with Gasteiger partial charge in [0.25, 0.3) is 0 Å². The zero-order valence-corrected chi connectivity index (χ0v) is 22.2. The largest absolute Gasteiger partial charge is 0.398 e. The van der Waals surface area contributed by atoms with Gasteiger partial charge in [-0.3, -0.25) is 0 Å². The van der Waals surface area contributed by atoms with Gasteiger partial charge in [-0.05, 0) is 101 Å². The van der Waals surface area contributed by atoms with Crippen LogP contribution in [0.25, 0.3) is 75.8 Å². The number of benzene rings is 8. The highest BCUT2D eigenvalue weighted by molar-refractivity contribution is 9.10. The van der Waals surface area contributed by atoms with Crippen molar-refractivity contribution in [3.8, 4) is 11.1 Å². The molecule has 0 aliphatic rings. The fourth-order valence-electron chi connectivity index (χ4n) is 6.32. The van der Waals surface area contributed by atoms with Crippen molar-refractivity contribution < 1.29 is 0 Å². The second-order valence-corrected chi connectivity index (χ2v) is 11.5. The van der Waals surface area contributed by atoms with E-state index in [1.54, 1.807) is 0 Å². The molecule has 0 atom stereocenters. The highest BCUT2D eigenvalue weighted by Gasteiger charge is 2.21. The fraction of sp³-hybridized carbons (Fsp3) is 0. The van der Waals surface area contributed by atoms with Gasteiger partial charge in [-0.2, -0.15) is 0 Å². The van der Waals surface area contributed by atoms with E-state index in [1.165, 1.54) is 43.1 Å². The van der Waals surface area contributed by atoms with Crippen LogP contribution in [-0.4, -0.2) is 0 Å². The van der Waals surface area contributed by atoms with Gasteiger partial charge >= 0.3 is 0 Å². The molecule has 0 aromatic heterocycles. The van der Waals surface area contributed by atoms with Gasteiger partial charge in [0, 0.05) is 31.4 Å². The Kier molecular flexibility index (Phi) is 4.00. The summed E-state index contributed by atoms with van der Waals surface area (Å²) in [4.78, 5) is 0. The standard InChI is InChI=1S/C32H18Br2N2/c33-21-9-15-1-3-19-13-25(35)31(23-7-5-17(11-21)27(15)29(19)23)32-24-8-6-18-12-22(34)10-16-2-4-20(14-26(32)36)30(24)28(16)18/h1-14H,35-36H2. The molecule has 0 fully saturated rings. The molecule has 2 nitrogen and oxygen atoms in total. The highest BCUT2D eigenvalue weighted by atomic mass is 79.9. The molecule has 36 heavy (non-hydrogen) atoms. The summed E-state index contributed by atoms with van der Waals surface area (Å²) in [7, 11) is 0. The third kappa shape index (κ3) is 2.61. The number of hydrogen-bond acceptors (Lipinski definition) is 2. The predicted octanol–water partition coefficient (Wildman–Crippen LogP) is 9.84. The first kappa shape index (κ1) is 20.6. The maximum absolute atomic E-state index is 6.84. The molecule has 0 unspecified atom stereocenters. The van der Waals surface area contributed by atoms with Crippen LogP contribution in [0.1, 0.15) is 0 Å². The zero-order chi connectivity index (χ0) is 24.3. The molecular weight excluding hydrogens is 572 g/mol. The van der Waals surface area contributed by atoms with Gasteiger partial charge in [0.2, 0.25) is 0 Å². The number of hydrogen-bond donors (Lipinski definition) is 2. The lowest BCUT2D eigenvalue weighted by molar-refractivity contribution is 1.68. The summed E-state index contributed by atoms with van der Waals surface area (Å²) in [5, 5.41) is 14.4. The van der Waals surface area contributed by atoms with E-state index in [-0.39, 0.29) is 0 Å². The number of nitrogen functional groups attached to an aromatic ring is 2. The van der Waals surface area contributed by atoms with Crippen LogP contribution in [0.3, 0.4) is 0 Å². The normalized spacial score (nSPS) is 12.4. The lowest BCUT2D eigenvalue weighted by atomic mass is 9.84. The van der Waals surface area contributed by atoms with Gasteiger partial charge in [0.15, 0.2) is 0 Å². The molecule has 0 aliphatic heterocycles. The quantitative estimate of drug-likeness (QED) is 0.148. The summed E-state index contributed by atoms with van der Waals surface area (Å²) in [5.74, 6) is 0. The molecule has 8 rings (SSSR count). The summed E-state index contributed by atoms with van der Waals surface area (Å²) in [6.45, 7) is 0. The SMILES string of the molecule is Nc1cc2ccc3cc(Br)cc4ccc(c1-c1c(N)cc5ccc6cc(Br)cc7ccc1c5c67)c2c34. The van der Waals surface area contributed by atoms with Crippen LogP contribution < -0.4 is 11.5 Å². The highest BCUT2D eigenvalue weighted by Crippen LogP contribution is 2.49. The van der Waals surface area contributed by atoms with Crippen LogP contribution in [0, 0.1) is 0 Å². The van der Waals surface area contributed by atoms with Crippen LogP contribution in [0.4, 0.5) is 11.4 Å². The zero-order valence-electron chi connectivity index (χ0n) is 19.0. The second kappa shape index (κ2) is 7.00.